The smallest absolute Gasteiger partial charge is 0.313 e. The van der Waals surface area contributed by atoms with E-state index < -0.39 is 5.60 Å². The fourth-order valence-electron chi connectivity index (χ4n) is 1.28. The quantitative estimate of drug-likeness (QED) is 0.630. The van der Waals surface area contributed by atoms with Crippen LogP contribution in [0.1, 0.15) is 34.1 Å². The molecule has 0 aromatic carbocycles. The van der Waals surface area contributed by atoms with E-state index >= 15 is 0 Å². The molecule has 0 radical (unpaired) electrons. The van der Waals surface area contributed by atoms with Crippen molar-refractivity contribution in [2.45, 2.75) is 45.8 Å². The second kappa shape index (κ2) is 3.59. The Kier molecular flexibility index (Phi) is 2.83. The zero-order valence-corrected chi connectivity index (χ0v) is 8.99. The Morgan fingerprint density at radius 2 is 2.07 bits per heavy atom. The maximum atomic E-state index is 11.3. The van der Waals surface area contributed by atoms with E-state index in [1.54, 1.807) is 27.7 Å². The number of esters is 2. The predicted octanol–water partition coefficient (Wildman–Crippen LogP) is 1.28. The fourth-order valence-corrected chi connectivity index (χ4v) is 1.28. The van der Waals surface area contributed by atoms with Crippen molar-refractivity contribution in [1.82, 2.24) is 0 Å². The summed E-state index contributed by atoms with van der Waals surface area (Å²) >= 11 is 0. The average molecular weight is 200 g/mol. The van der Waals surface area contributed by atoms with Gasteiger partial charge in [-0.05, 0) is 27.7 Å². The predicted molar refractivity (Wildman–Crippen MR) is 49.5 cm³/mol. The number of hydrogen-bond donors (Lipinski definition) is 0. The lowest BCUT2D eigenvalue weighted by Gasteiger charge is -2.32. The minimum absolute atomic E-state index is 0.122. The van der Waals surface area contributed by atoms with Crippen molar-refractivity contribution in [1.29, 1.82) is 0 Å². The van der Waals surface area contributed by atoms with Crippen LogP contribution in [-0.2, 0) is 19.1 Å². The van der Waals surface area contributed by atoms with Crippen molar-refractivity contribution in [3.8, 4) is 0 Å². The molecule has 1 heterocycles. The molecule has 0 unspecified atom stereocenters. The van der Waals surface area contributed by atoms with E-state index in [1.807, 2.05) is 0 Å². The van der Waals surface area contributed by atoms with Crippen molar-refractivity contribution in [3.63, 3.8) is 0 Å². The van der Waals surface area contributed by atoms with E-state index in [0.29, 0.717) is 0 Å². The van der Waals surface area contributed by atoms with Crippen LogP contribution in [0.2, 0.25) is 0 Å². The molecule has 1 fully saturated rings. The monoisotopic (exact) mass is 200 g/mol. The van der Waals surface area contributed by atoms with E-state index in [2.05, 4.69) is 0 Å². The minimum Gasteiger partial charge on any atom is -0.461 e. The maximum Gasteiger partial charge on any atom is 0.313 e. The van der Waals surface area contributed by atoms with Gasteiger partial charge >= 0.3 is 11.9 Å². The van der Waals surface area contributed by atoms with Crippen LogP contribution in [0.25, 0.3) is 0 Å². The van der Waals surface area contributed by atoms with Crippen LogP contribution in [0.3, 0.4) is 0 Å². The lowest BCUT2D eigenvalue weighted by Crippen LogP contribution is -2.44. The Hall–Kier alpha value is -1.06. The van der Waals surface area contributed by atoms with Gasteiger partial charge in [0.05, 0.1) is 6.42 Å². The summed E-state index contributed by atoms with van der Waals surface area (Å²) in [4.78, 5) is 22.2. The van der Waals surface area contributed by atoms with Crippen LogP contribution in [-0.4, -0.2) is 23.6 Å². The third-order valence-electron chi connectivity index (χ3n) is 1.98. The van der Waals surface area contributed by atoms with Crippen LogP contribution in [0.5, 0.6) is 0 Å². The molecule has 80 valence electrons. The standard InChI is InChI=1S/C10H16O4/c1-6-7(9(12)13-6)5-8(11)14-10(2,3)4/h6-7H,5H2,1-4H3/t6-,7+/m1/s1. The van der Waals surface area contributed by atoms with Crippen LogP contribution >= 0.6 is 0 Å². The Morgan fingerprint density at radius 1 is 1.50 bits per heavy atom. The van der Waals surface area contributed by atoms with Gasteiger partial charge in [0.15, 0.2) is 0 Å². The third kappa shape index (κ3) is 2.72. The molecule has 0 aromatic rings. The number of carbonyl (C=O) groups is 2. The van der Waals surface area contributed by atoms with Crippen LogP contribution in [0.4, 0.5) is 0 Å². The second-order valence-corrected chi connectivity index (χ2v) is 4.54. The Balaban J connectivity index is 2.38. The fraction of sp³-hybridized carbons (Fsp3) is 0.800. The highest BCUT2D eigenvalue weighted by atomic mass is 16.6. The summed E-state index contributed by atoms with van der Waals surface area (Å²) in [5.74, 6) is -0.959. The largest absolute Gasteiger partial charge is 0.461 e. The van der Waals surface area contributed by atoms with E-state index in [1.165, 1.54) is 0 Å². The van der Waals surface area contributed by atoms with Gasteiger partial charge in [-0.15, -0.1) is 0 Å². The summed E-state index contributed by atoms with van der Waals surface area (Å²) in [6, 6.07) is 0. The molecule has 4 nitrogen and oxygen atoms in total. The normalized spacial score (nSPS) is 26.4. The van der Waals surface area contributed by atoms with Gasteiger partial charge in [0, 0.05) is 0 Å². The van der Waals surface area contributed by atoms with Crippen molar-refractivity contribution in [2.24, 2.45) is 5.92 Å². The first-order valence-electron chi connectivity index (χ1n) is 4.72. The molecule has 1 saturated heterocycles. The zero-order valence-electron chi connectivity index (χ0n) is 8.99. The number of cyclic esters (lactones) is 1. The maximum absolute atomic E-state index is 11.3. The van der Waals surface area contributed by atoms with Gasteiger partial charge in [-0.2, -0.15) is 0 Å². The second-order valence-electron chi connectivity index (χ2n) is 4.54. The van der Waals surface area contributed by atoms with Gasteiger partial charge in [0.1, 0.15) is 17.6 Å². The van der Waals surface area contributed by atoms with Crippen LogP contribution in [0, 0.1) is 5.92 Å². The third-order valence-corrected chi connectivity index (χ3v) is 1.98. The number of rotatable bonds is 2. The molecule has 0 N–H and O–H groups in total. The van der Waals surface area contributed by atoms with E-state index in [4.69, 9.17) is 9.47 Å². The van der Waals surface area contributed by atoms with Gasteiger partial charge in [-0.1, -0.05) is 0 Å². The number of ether oxygens (including phenoxy) is 2. The molecule has 0 aliphatic carbocycles. The number of hydrogen-bond acceptors (Lipinski definition) is 4. The first-order valence-corrected chi connectivity index (χ1v) is 4.72. The Bertz CT molecular complexity index is 251. The summed E-state index contributed by atoms with van der Waals surface area (Å²) in [6.45, 7) is 7.17. The van der Waals surface area contributed by atoms with E-state index in [-0.39, 0.29) is 30.4 Å². The highest BCUT2D eigenvalue weighted by Gasteiger charge is 2.41. The van der Waals surface area contributed by atoms with Gasteiger partial charge in [0.2, 0.25) is 0 Å². The molecular weight excluding hydrogens is 184 g/mol. The van der Waals surface area contributed by atoms with Crippen LogP contribution < -0.4 is 0 Å². The Morgan fingerprint density at radius 3 is 2.43 bits per heavy atom. The summed E-state index contributed by atoms with van der Waals surface area (Å²) < 4.78 is 9.83. The average Bonchev–Trinajstić information content (AvgIpc) is 1.98. The molecule has 0 amide bonds. The van der Waals surface area contributed by atoms with Gasteiger partial charge in [0.25, 0.3) is 0 Å². The van der Waals surface area contributed by atoms with Gasteiger partial charge in [-0.25, -0.2) is 0 Å². The van der Waals surface area contributed by atoms with Crippen molar-refractivity contribution < 1.29 is 19.1 Å². The molecule has 4 heteroatoms. The first kappa shape index (κ1) is 11.0. The molecule has 1 aliphatic rings. The van der Waals surface area contributed by atoms with E-state index in [0.717, 1.165) is 0 Å². The molecule has 2 atom stereocenters. The molecule has 0 bridgehead atoms. The van der Waals surface area contributed by atoms with Gasteiger partial charge in [-0.3, -0.25) is 9.59 Å². The highest BCUT2D eigenvalue weighted by Crippen LogP contribution is 2.26. The zero-order chi connectivity index (χ0) is 10.9. The number of carbonyl (C=O) groups excluding carboxylic acids is 2. The summed E-state index contributed by atoms with van der Waals surface area (Å²) in [6.07, 6.45) is -0.0351. The van der Waals surface area contributed by atoms with Crippen molar-refractivity contribution in [3.05, 3.63) is 0 Å². The SMILES string of the molecule is C[C@H]1OC(=O)[C@H]1CC(=O)OC(C)(C)C. The molecule has 0 spiro atoms. The van der Waals surface area contributed by atoms with Gasteiger partial charge < -0.3 is 9.47 Å². The molecule has 0 saturated carbocycles. The lowest BCUT2D eigenvalue weighted by molar-refractivity contribution is -0.187. The van der Waals surface area contributed by atoms with E-state index in [9.17, 15) is 9.59 Å². The highest BCUT2D eigenvalue weighted by molar-refractivity contribution is 5.84. The Labute approximate surface area is 83.6 Å². The lowest BCUT2D eigenvalue weighted by atomic mass is 9.95. The summed E-state index contributed by atoms with van der Waals surface area (Å²) in [7, 11) is 0. The van der Waals surface area contributed by atoms with Crippen LogP contribution in [0.15, 0.2) is 0 Å². The molecule has 0 aromatic heterocycles. The molecular formula is C10H16O4. The summed E-state index contributed by atoms with van der Waals surface area (Å²) in [5, 5.41) is 0. The molecule has 1 rings (SSSR count). The summed E-state index contributed by atoms with van der Waals surface area (Å²) in [5.41, 5.74) is -0.492. The van der Waals surface area contributed by atoms with Crippen molar-refractivity contribution in [2.75, 3.05) is 0 Å². The topological polar surface area (TPSA) is 52.6 Å². The molecule has 14 heavy (non-hydrogen) atoms. The molecule has 1 aliphatic heterocycles. The van der Waals surface area contributed by atoms with Crippen molar-refractivity contribution >= 4 is 11.9 Å². The first-order chi connectivity index (χ1) is 6.29. The minimum atomic E-state index is -0.492.